The maximum Gasteiger partial charge on any atom is 0.416 e. The van der Waals surface area contributed by atoms with Crippen LogP contribution >= 0.6 is 0 Å². The van der Waals surface area contributed by atoms with Gasteiger partial charge in [0.05, 0.1) is 10.5 Å². The summed E-state index contributed by atoms with van der Waals surface area (Å²) in [5.74, 6) is -0.0861. The van der Waals surface area contributed by atoms with Crippen molar-refractivity contribution in [2.75, 3.05) is 11.3 Å². The molecule has 0 unspecified atom stereocenters. The highest BCUT2D eigenvalue weighted by Gasteiger charge is 2.30. The summed E-state index contributed by atoms with van der Waals surface area (Å²) < 4.78 is 70.9. The lowest BCUT2D eigenvalue weighted by Crippen LogP contribution is -2.28. The molecular formula is C23H21F3N2O4S. The van der Waals surface area contributed by atoms with Crippen LogP contribution in [0.4, 0.5) is 18.9 Å². The maximum atomic E-state index is 12.8. The van der Waals surface area contributed by atoms with Gasteiger partial charge in [-0.05, 0) is 55.0 Å². The van der Waals surface area contributed by atoms with Gasteiger partial charge in [0.25, 0.3) is 15.9 Å². The van der Waals surface area contributed by atoms with Crippen LogP contribution in [0.3, 0.4) is 0 Å². The number of hydrogen-bond acceptors (Lipinski definition) is 4. The van der Waals surface area contributed by atoms with Crippen LogP contribution in [0.15, 0.2) is 77.7 Å². The summed E-state index contributed by atoms with van der Waals surface area (Å²) in [4.78, 5) is 11.8. The number of hydrogen-bond donors (Lipinski definition) is 2. The zero-order valence-corrected chi connectivity index (χ0v) is 18.3. The average molecular weight is 478 g/mol. The predicted molar refractivity (Wildman–Crippen MR) is 117 cm³/mol. The smallest absolute Gasteiger partial charge is 0.416 e. The number of rotatable bonds is 8. The molecule has 0 aromatic heterocycles. The molecule has 174 valence electrons. The van der Waals surface area contributed by atoms with Gasteiger partial charge in [0.1, 0.15) is 5.75 Å². The van der Waals surface area contributed by atoms with Crippen molar-refractivity contribution < 1.29 is 31.1 Å². The SMILES string of the molecule is Cc1ccc(CNC(=O)COc2ccc(S(=O)(=O)Nc3cccc(C(F)(F)F)c3)cc2)cc1. The number of benzene rings is 3. The summed E-state index contributed by atoms with van der Waals surface area (Å²) in [6.07, 6.45) is -4.59. The van der Waals surface area contributed by atoms with Crippen molar-refractivity contribution in [1.29, 1.82) is 0 Å². The van der Waals surface area contributed by atoms with Crippen LogP contribution in [-0.2, 0) is 27.5 Å². The molecule has 0 bridgehead atoms. The normalized spacial score (nSPS) is 11.6. The van der Waals surface area contributed by atoms with Crippen molar-refractivity contribution in [2.45, 2.75) is 24.5 Å². The number of sulfonamides is 1. The van der Waals surface area contributed by atoms with Crippen LogP contribution in [0.2, 0.25) is 0 Å². The molecule has 0 saturated carbocycles. The summed E-state index contributed by atoms with van der Waals surface area (Å²) in [6, 6.07) is 16.8. The van der Waals surface area contributed by atoms with Gasteiger partial charge < -0.3 is 10.1 Å². The minimum absolute atomic E-state index is 0.170. The van der Waals surface area contributed by atoms with Crippen LogP contribution < -0.4 is 14.8 Å². The van der Waals surface area contributed by atoms with Crippen molar-refractivity contribution in [3.05, 3.63) is 89.5 Å². The van der Waals surface area contributed by atoms with Crippen molar-refractivity contribution in [1.82, 2.24) is 5.32 Å². The summed E-state index contributed by atoms with van der Waals surface area (Å²) in [5, 5.41) is 2.72. The molecule has 0 aliphatic rings. The Morgan fingerprint density at radius 2 is 1.64 bits per heavy atom. The van der Waals surface area contributed by atoms with Gasteiger partial charge in [-0.15, -0.1) is 0 Å². The van der Waals surface area contributed by atoms with Gasteiger partial charge in [-0.3, -0.25) is 9.52 Å². The molecule has 0 atom stereocenters. The number of aryl methyl sites for hydroxylation is 1. The number of halogens is 3. The van der Waals surface area contributed by atoms with Gasteiger partial charge in [-0.2, -0.15) is 13.2 Å². The van der Waals surface area contributed by atoms with E-state index < -0.39 is 21.8 Å². The fraction of sp³-hybridized carbons (Fsp3) is 0.174. The second-order valence-electron chi connectivity index (χ2n) is 7.21. The number of amides is 1. The molecule has 1 amide bonds. The van der Waals surface area contributed by atoms with Crippen LogP contribution in [-0.4, -0.2) is 20.9 Å². The lowest BCUT2D eigenvalue weighted by Gasteiger charge is -2.12. The Kier molecular flexibility index (Phi) is 7.27. The topological polar surface area (TPSA) is 84.5 Å². The van der Waals surface area contributed by atoms with Crippen LogP contribution in [0.5, 0.6) is 5.75 Å². The molecule has 3 rings (SSSR count). The third-order valence-corrected chi connectivity index (χ3v) is 5.95. The Bertz CT molecular complexity index is 1210. The highest BCUT2D eigenvalue weighted by atomic mass is 32.2. The Morgan fingerprint density at radius 3 is 2.27 bits per heavy atom. The summed E-state index contributed by atoms with van der Waals surface area (Å²) in [5.41, 5.74) is 0.878. The number of nitrogens with one attached hydrogen (secondary N) is 2. The quantitative estimate of drug-likeness (QED) is 0.499. The lowest BCUT2D eigenvalue weighted by atomic mass is 10.1. The molecule has 0 spiro atoms. The molecule has 0 saturated heterocycles. The van der Waals surface area contributed by atoms with Gasteiger partial charge in [0, 0.05) is 12.2 Å². The zero-order valence-electron chi connectivity index (χ0n) is 17.5. The lowest BCUT2D eigenvalue weighted by molar-refractivity contribution is -0.137. The van der Waals surface area contributed by atoms with Crippen LogP contribution in [0.1, 0.15) is 16.7 Å². The zero-order chi connectivity index (χ0) is 24.1. The number of carbonyl (C=O) groups is 1. The Hall–Kier alpha value is -3.53. The van der Waals surface area contributed by atoms with Gasteiger partial charge >= 0.3 is 6.18 Å². The molecule has 0 aliphatic heterocycles. The summed E-state index contributed by atoms with van der Waals surface area (Å²) in [6.45, 7) is 2.05. The van der Waals surface area contributed by atoms with Gasteiger partial charge in [-0.25, -0.2) is 8.42 Å². The van der Waals surface area contributed by atoms with Crippen molar-refractivity contribution in [3.8, 4) is 5.75 Å². The molecule has 33 heavy (non-hydrogen) atoms. The highest BCUT2D eigenvalue weighted by Crippen LogP contribution is 2.31. The molecule has 3 aromatic rings. The molecular weight excluding hydrogens is 457 g/mol. The van der Waals surface area contributed by atoms with E-state index in [0.717, 1.165) is 23.3 Å². The largest absolute Gasteiger partial charge is 0.484 e. The molecule has 10 heteroatoms. The number of alkyl halides is 3. The predicted octanol–water partition coefficient (Wildman–Crippen LogP) is 4.51. The third-order valence-electron chi connectivity index (χ3n) is 4.56. The Morgan fingerprint density at radius 1 is 0.970 bits per heavy atom. The standard InChI is InChI=1S/C23H21F3N2O4S/c1-16-5-7-17(8-6-16)14-27-22(29)15-32-20-9-11-21(12-10-20)33(30,31)28-19-4-2-3-18(13-19)23(24,25)26/h2-13,28H,14-15H2,1H3,(H,27,29). The number of ether oxygens (including phenoxy) is 1. The van der Waals surface area contributed by atoms with Crippen molar-refractivity contribution in [2.24, 2.45) is 0 Å². The highest BCUT2D eigenvalue weighted by molar-refractivity contribution is 7.92. The van der Waals surface area contributed by atoms with E-state index in [1.54, 1.807) is 0 Å². The summed E-state index contributed by atoms with van der Waals surface area (Å²) in [7, 11) is -4.12. The average Bonchev–Trinajstić information content (AvgIpc) is 2.77. The third kappa shape index (κ3) is 6.98. The summed E-state index contributed by atoms with van der Waals surface area (Å²) >= 11 is 0. The first-order valence-corrected chi connectivity index (χ1v) is 11.3. The van der Waals surface area contributed by atoms with Gasteiger partial charge in [-0.1, -0.05) is 35.9 Å². The van der Waals surface area contributed by atoms with Gasteiger partial charge in [0.2, 0.25) is 0 Å². The molecule has 2 N–H and O–H groups in total. The monoisotopic (exact) mass is 478 g/mol. The molecule has 6 nitrogen and oxygen atoms in total. The first-order chi connectivity index (χ1) is 15.5. The maximum absolute atomic E-state index is 12.8. The minimum atomic E-state index is -4.59. The van der Waals surface area contributed by atoms with E-state index in [0.29, 0.717) is 12.6 Å². The molecule has 0 radical (unpaired) electrons. The van der Waals surface area contributed by atoms with Gasteiger partial charge in [0.15, 0.2) is 6.61 Å². The second-order valence-corrected chi connectivity index (χ2v) is 8.89. The van der Waals surface area contributed by atoms with Crippen LogP contribution in [0.25, 0.3) is 0 Å². The number of carbonyl (C=O) groups excluding carboxylic acids is 1. The fourth-order valence-corrected chi connectivity index (χ4v) is 3.84. The fourth-order valence-electron chi connectivity index (χ4n) is 2.79. The number of anilines is 1. The van der Waals surface area contributed by atoms with E-state index in [4.69, 9.17) is 4.74 Å². The minimum Gasteiger partial charge on any atom is -0.484 e. The molecule has 0 aliphatic carbocycles. The molecule has 3 aromatic carbocycles. The Balaban J connectivity index is 1.55. The van der Waals surface area contributed by atoms with E-state index >= 15 is 0 Å². The van der Waals surface area contributed by atoms with Crippen molar-refractivity contribution >= 4 is 21.6 Å². The molecule has 0 heterocycles. The van der Waals surface area contributed by atoms with E-state index in [1.807, 2.05) is 31.2 Å². The van der Waals surface area contributed by atoms with Crippen LogP contribution in [0, 0.1) is 6.92 Å². The van der Waals surface area contributed by atoms with E-state index in [1.165, 1.54) is 30.3 Å². The second kappa shape index (κ2) is 9.95. The molecule has 0 fully saturated rings. The van der Waals surface area contributed by atoms with E-state index in [9.17, 15) is 26.4 Å². The first kappa shape index (κ1) is 24.1. The Labute approximate surface area is 189 Å². The van der Waals surface area contributed by atoms with E-state index in [2.05, 4.69) is 10.0 Å². The van der Waals surface area contributed by atoms with E-state index in [-0.39, 0.29) is 28.8 Å². The first-order valence-electron chi connectivity index (χ1n) is 9.78. The van der Waals surface area contributed by atoms with Crippen molar-refractivity contribution in [3.63, 3.8) is 0 Å².